The van der Waals surface area contributed by atoms with Gasteiger partial charge in [0.15, 0.2) is 0 Å². The number of nitrogens with one attached hydrogen (secondary N) is 1. The van der Waals surface area contributed by atoms with Crippen LogP contribution in [0.3, 0.4) is 0 Å². The number of benzene rings is 2. The number of hydrogen-bond donors (Lipinski definition) is 1. The van der Waals surface area contributed by atoms with Crippen molar-refractivity contribution in [1.82, 2.24) is 10.2 Å². The molecule has 1 aliphatic rings. The van der Waals surface area contributed by atoms with E-state index in [1.54, 1.807) is 18.2 Å². The first-order valence-corrected chi connectivity index (χ1v) is 15.7. The second-order valence-electron chi connectivity index (χ2n) is 9.43. The smallest absolute Gasteiger partial charge is 0.244 e. The summed E-state index contributed by atoms with van der Waals surface area (Å²) >= 11 is 24.5. The number of amides is 2. The van der Waals surface area contributed by atoms with Crippen LogP contribution in [0.1, 0.15) is 51.0 Å². The van der Waals surface area contributed by atoms with E-state index in [0.717, 1.165) is 42.7 Å². The number of rotatable bonds is 10. The third kappa shape index (κ3) is 8.39. The van der Waals surface area contributed by atoms with Crippen molar-refractivity contribution in [3.05, 3.63) is 62.1 Å². The molecule has 0 aromatic heterocycles. The van der Waals surface area contributed by atoms with Crippen molar-refractivity contribution >= 4 is 73.9 Å². The van der Waals surface area contributed by atoms with Gasteiger partial charge >= 0.3 is 0 Å². The van der Waals surface area contributed by atoms with Gasteiger partial charge in [-0.3, -0.25) is 13.9 Å². The van der Waals surface area contributed by atoms with Crippen LogP contribution in [0.4, 0.5) is 5.69 Å². The predicted molar refractivity (Wildman–Crippen MR) is 155 cm³/mol. The molecule has 2 aromatic rings. The number of anilines is 1. The lowest BCUT2D eigenvalue weighted by atomic mass is 9.95. The minimum atomic E-state index is -3.91. The highest BCUT2D eigenvalue weighted by atomic mass is 35.5. The van der Waals surface area contributed by atoms with E-state index in [4.69, 9.17) is 46.4 Å². The lowest BCUT2D eigenvalue weighted by Crippen LogP contribution is -2.53. The molecular weight excluding hydrogens is 592 g/mol. The van der Waals surface area contributed by atoms with Crippen molar-refractivity contribution in [3.63, 3.8) is 0 Å². The largest absolute Gasteiger partial charge is 0.352 e. The molecule has 1 unspecified atom stereocenters. The quantitative estimate of drug-likeness (QED) is 0.336. The maximum atomic E-state index is 13.8. The Morgan fingerprint density at radius 2 is 1.61 bits per heavy atom. The number of halogens is 4. The first-order chi connectivity index (χ1) is 17.9. The summed E-state index contributed by atoms with van der Waals surface area (Å²) < 4.78 is 26.4. The van der Waals surface area contributed by atoms with Crippen molar-refractivity contribution in [2.24, 2.45) is 0 Å². The van der Waals surface area contributed by atoms with Crippen LogP contribution in [0.2, 0.25) is 20.1 Å². The number of nitrogens with zero attached hydrogens (tertiary/aromatic N) is 2. The molecule has 1 saturated carbocycles. The fourth-order valence-corrected chi connectivity index (χ4v) is 6.26. The van der Waals surface area contributed by atoms with Crippen LogP contribution < -0.4 is 9.62 Å². The topological polar surface area (TPSA) is 86.8 Å². The Kier molecular flexibility index (Phi) is 11.0. The van der Waals surface area contributed by atoms with Gasteiger partial charge in [-0.1, -0.05) is 78.7 Å². The molecule has 0 spiro atoms. The van der Waals surface area contributed by atoms with Gasteiger partial charge in [0.1, 0.15) is 12.6 Å². The molecular formula is C26H31Cl4N3O4S. The average Bonchev–Trinajstić information content (AvgIpc) is 2.83. The second-order valence-corrected chi connectivity index (χ2v) is 13.0. The average molecular weight is 623 g/mol. The van der Waals surface area contributed by atoms with E-state index in [1.165, 1.54) is 23.1 Å². The first kappa shape index (κ1) is 30.8. The zero-order valence-corrected chi connectivity index (χ0v) is 25.1. The van der Waals surface area contributed by atoms with Crippen LogP contribution >= 0.6 is 46.4 Å². The molecule has 0 aliphatic heterocycles. The molecule has 0 radical (unpaired) electrons. The summed E-state index contributed by atoms with van der Waals surface area (Å²) in [6, 6.07) is 8.47. The molecule has 7 nitrogen and oxygen atoms in total. The third-order valence-electron chi connectivity index (χ3n) is 6.49. The number of carbonyl (C=O) groups excluding carboxylic acids is 2. The first-order valence-electron chi connectivity index (χ1n) is 12.4. The maximum Gasteiger partial charge on any atom is 0.244 e. The Labute approximate surface area is 244 Å². The van der Waals surface area contributed by atoms with Gasteiger partial charge in [-0.15, -0.1) is 0 Å². The van der Waals surface area contributed by atoms with Gasteiger partial charge in [0.05, 0.1) is 22.0 Å². The summed E-state index contributed by atoms with van der Waals surface area (Å²) in [5.41, 5.74) is 0.793. The van der Waals surface area contributed by atoms with Gasteiger partial charge in [0, 0.05) is 22.6 Å². The highest BCUT2D eigenvalue weighted by molar-refractivity contribution is 7.92. The van der Waals surface area contributed by atoms with E-state index >= 15 is 0 Å². The lowest BCUT2D eigenvalue weighted by Gasteiger charge is -2.34. The van der Waals surface area contributed by atoms with Crippen molar-refractivity contribution in [3.8, 4) is 0 Å². The van der Waals surface area contributed by atoms with Gasteiger partial charge in [0.2, 0.25) is 21.8 Å². The molecule has 2 amide bonds. The van der Waals surface area contributed by atoms with Crippen LogP contribution in [-0.2, 0) is 26.2 Å². The zero-order valence-electron chi connectivity index (χ0n) is 21.2. The lowest BCUT2D eigenvalue weighted by molar-refractivity contribution is -0.140. The molecule has 0 heterocycles. The van der Waals surface area contributed by atoms with E-state index in [2.05, 4.69) is 5.32 Å². The molecule has 208 valence electrons. The molecule has 2 aromatic carbocycles. The second kappa shape index (κ2) is 13.6. The fourth-order valence-electron chi connectivity index (χ4n) is 4.60. The monoisotopic (exact) mass is 621 g/mol. The minimum absolute atomic E-state index is 0.0280. The molecule has 0 saturated heterocycles. The minimum Gasteiger partial charge on any atom is -0.352 e. The molecule has 3 rings (SSSR count). The van der Waals surface area contributed by atoms with Crippen molar-refractivity contribution in [2.45, 2.75) is 64.1 Å². The molecule has 12 heteroatoms. The normalized spacial score (nSPS) is 15.1. The van der Waals surface area contributed by atoms with Crippen LogP contribution in [-0.4, -0.2) is 50.0 Å². The summed E-state index contributed by atoms with van der Waals surface area (Å²) in [4.78, 5) is 28.6. The molecule has 1 fully saturated rings. The summed E-state index contributed by atoms with van der Waals surface area (Å²) in [5.74, 6) is -0.840. The zero-order chi connectivity index (χ0) is 28.0. The number of hydrogen-bond acceptors (Lipinski definition) is 4. The van der Waals surface area contributed by atoms with Crippen LogP contribution in [0.25, 0.3) is 0 Å². The van der Waals surface area contributed by atoms with Crippen molar-refractivity contribution in [1.29, 1.82) is 0 Å². The Balaban J connectivity index is 1.95. The predicted octanol–water partition coefficient (Wildman–Crippen LogP) is 6.32. The van der Waals surface area contributed by atoms with Gasteiger partial charge < -0.3 is 10.2 Å². The molecule has 0 bridgehead atoms. The molecule has 1 aliphatic carbocycles. The van der Waals surface area contributed by atoms with Gasteiger partial charge in [0.25, 0.3) is 0 Å². The summed E-state index contributed by atoms with van der Waals surface area (Å²) in [6.45, 7) is 1.29. The highest BCUT2D eigenvalue weighted by Crippen LogP contribution is 2.28. The summed E-state index contributed by atoms with van der Waals surface area (Å²) in [6.07, 6.45) is 6.32. The van der Waals surface area contributed by atoms with Crippen molar-refractivity contribution in [2.75, 3.05) is 17.1 Å². The Hall–Kier alpha value is -1.71. The van der Waals surface area contributed by atoms with Crippen LogP contribution in [0.5, 0.6) is 0 Å². The fraction of sp³-hybridized carbons (Fsp3) is 0.462. The SMILES string of the molecule is CCC(C(=O)NC1CCCCC1)N(Cc1ccc(Cl)c(Cl)c1)C(=O)CN(c1cc(Cl)cc(Cl)c1)S(C)(=O)=O. The van der Waals surface area contributed by atoms with Gasteiger partial charge in [-0.05, 0) is 55.2 Å². The highest BCUT2D eigenvalue weighted by Gasteiger charge is 2.33. The van der Waals surface area contributed by atoms with E-state index in [9.17, 15) is 18.0 Å². The van der Waals surface area contributed by atoms with Gasteiger partial charge in [-0.2, -0.15) is 0 Å². The van der Waals surface area contributed by atoms with E-state index in [0.29, 0.717) is 22.0 Å². The van der Waals surface area contributed by atoms with Gasteiger partial charge in [-0.25, -0.2) is 8.42 Å². The molecule has 1 N–H and O–H groups in total. The maximum absolute atomic E-state index is 13.8. The standard InChI is InChI=1S/C26H31Cl4N3O4S/c1-3-24(26(35)31-20-7-5-4-6-8-20)32(15-17-9-10-22(29)23(30)11-17)25(34)16-33(38(2,36)37)21-13-18(27)12-19(28)14-21/h9-14,20,24H,3-8,15-16H2,1-2H3,(H,31,35). The Morgan fingerprint density at radius 3 is 2.16 bits per heavy atom. The molecule has 1 atom stereocenters. The number of sulfonamides is 1. The van der Waals surface area contributed by atoms with E-state index < -0.39 is 28.5 Å². The number of carbonyl (C=O) groups is 2. The third-order valence-corrected chi connectivity index (χ3v) is 8.80. The summed E-state index contributed by atoms with van der Waals surface area (Å²) in [5, 5.41) is 4.20. The van der Waals surface area contributed by atoms with Crippen molar-refractivity contribution < 1.29 is 18.0 Å². The Morgan fingerprint density at radius 1 is 0.974 bits per heavy atom. The van der Waals surface area contributed by atoms with E-state index in [-0.39, 0.29) is 34.2 Å². The van der Waals surface area contributed by atoms with Crippen LogP contribution in [0, 0.1) is 0 Å². The van der Waals surface area contributed by atoms with Crippen LogP contribution in [0.15, 0.2) is 36.4 Å². The van der Waals surface area contributed by atoms with E-state index in [1.807, 2.05) is 6.92 Å². The summed E-state index contributed by atoms with van der Waals surface area (Å²) in [7, 11) is -3.91. The molecule has 38 heavy (non-hydrogen) atoms. The Bertz CT molecular complexity index is 1250.